The van der Waals surface area contributed by atoms with E-state index in [1.807, 2.05) is 24.8 Å². The van der Waals surface area contributed by atoms with Crippen LogP contribution in [0.4, 0.5) is 10.1 Å². The summed E-state index contributed by atoms with van der Waals surface area (Å²) < 4.78 is 19.3. The summed E-state index contributed by atoms with van der Waals surface area (Å²) in [7, 11) is 0. The molecule has 4 heteroatoms. The summed E-state index contributed by atoms with van der Waals surface area (Å²) in [5, 5.41) is 8.72. The second-order valence-electron chi connectivity index (χ2n) is 4.79. The van der Waals surface area contributed by atoms with Gasteiger partial charge in [0, 0.05) is 6.54 Å². The molecule has 0 aliphatic carbocycles. The van der Waals surface area contributed by atoms with Crippen LogP contribution in [0.3, 0.4) is 0 Å². The van der Waals surface area contributed by atoms with Crippen molar-refractivity contribution >= 4 is 5.69 Å². The number of anilines is 1. The molecule has 0 amide bonds. The molecule has 3 nitrogen and oxygen atoms in total. The first kappa shape index (κ1) is 11.9. The van der Waals surface area contributed by atoms with Crippen molar-refractivity contribution in [1.82, 2.24) is 0 Å². The fraction of sp³-hybridized carbons (Fsp3) is 0.462. The van der Waals surface area contributed by atoms with Crippen LogP contribution in [0.25, 0.3) is 0 Å². The normalized spacial score (nSPS) is 18.8. The Morgan fingerprint density at radius 3 is 2.82 bits per heavy atom. The number of morpholine rings is 1. The van der Waals surface area contributed by atoms with Crippen LogP contribution in [0, 0.1) is 17.1 Å². The number of nitriles is 1. The predicted molar refractivity (Wildman–Crippen MR) is 63.4 cm³/mol. The van der Waals surface area contributed by atoms with Crippen molar-refractivity contribution in [2.75, 3.05) is 24.7 Å². The highest BCUT2D eigenvalue weighted by Crippen LogP contribution is 2.29. The second kappa shape index (κ2) is 4.34. The van der Waals surface area contributed by atoms with E-state index in [4.69, 9.17) is 10.00 Å². The van der Waals surface area contributed by atoms with E-state index in [-0.39, 0.29) is 11.4 Å². The zero-order valence-corrected chi connectivity index (χ0v) is 10.0. The molecule has 0 saturated carbocycles. The molecule has 1 aromatic rings. The predicted octanol–water partition coefficient (Wildman–Crippen LogP) is 2.31. The van der Waals surface area contributed by atoms with Crippen molar-refractivity contribution < 1.29 is 9.13 Å². The minimum atomic E-state index is -0.348. The Labute approximate surface area is 100 Å². The average Bonchev–Trinajstić information content (AvgIpc) is 2.29. The largest absolute Gasteiger partial charge is 0.377 e. The van der Waals surface area contributed by atoms with Gasteiger partial charge in [0.15, 0.2) is 0 Å². The molecule has 17 heavy (non-hydrogen) atoms. The van der Waals surface area contributed by atoms with Gasteiger partial charge in [-0.15, -0.1) is 0 Å². The highest BCUT2D eigenvalue weighted by Gasteiger charge is 2.32. The Bertz CT molecular complexity index is 465. The van der Waals surface area contributed by atoms with Crippen LogP contribution in [0.15, 0.2) is 18.2 Å². The molecule has 0 N–H and O–H groups in total. The van der Waals surface area contributed by atoms with Crippen LogP contribution in [0.5, 0.6) is 0 Å². The zero-order valence-electron chi connectivity index (χ0n) is 10.0. The van der Waals surface area contributed by atoms with Gasteiger partial charge in [0.2, 0.25) is 0 Å². The summed E-state index contributed by atoms with van der Waals surface area (Å²) in [5.41, 5.74) is 0.655. The monoisotopic (exact) mass is 234 g/mol. The van der Waals surface area contributed by atoms with Crippen molar-refractivity contribution in [2.24, 2.45) is 0 Å². The summed E-state index contributed by atoms with van der Waals surface area (Å²) in [6, 6.07) is 6.52. The lowest BCUT2D eigenvalue weighted by atomic mass is 10.0. The molecule has 2 rings (SSSR count). The smallest absolute Gasteiger partial charge is 0.147 e. The van der Waals surface area contributed by atoms with Crippen molar-refractivity contribution in [2.45, 2.75) is 19.4 Å². The minimum absolute atomic E-state index is 0.229. The van der Waals surface area contributed by atoms with Gasteiger partial charge in [-0.3, -0.25) is 0 Å². The number of rotatable bonds is 1. The molecule has 1 aliphatic rings. The maximum Gasteiger partial charge on any atom is 0.147 e. The first-order valence-electron chi connectivity index (χ1n) is 5.59. The van der Waals surface area contributed by atoms with Crippen molar-refractivity contribution in [3.8, 4) is 6.07 Å². The molecule has 0 atom stereocenters. The molecule has 1 heterocycles. The quantitative estimate of drug-likeness (QED) is 0.748. The molecule has 0 spiro atoms. The van der Waals surface area contributed by atoms with E-state index < -0.39 is 0 Å². The third kappa shape index (κ3) is 2.25. The van der Waals surface area contributed by atoms with Crippen LogP contribution < -0.4 is 4.90 Å². The van der Waals surface area contributed by atoms with Crippen LogP contribution in [0.1, 0.15) is 19.4 Å². The van der Waals surface area contributed by atoms with Crippen LogP contribution in [-0.4, -0.2) is 25.3 Å². The van der Waals surface area contributed by atoms with Gasteiger partial charge < -0.3 is 9.64 Å². The third-order valence-corrected chi connectivity index (χ3v) is 3.01. The van der Waals surface area contributed by atoms with Crippen LogP contribution in [-0.2, 0) is 4.74 Å². The van der Waals surface area contributed by atoms with E-state index in [1.165, 1.54) is 6.07 Å². The Morgan fingerprint density at radius 2 is 2.24 bits per heavy atom. The van der Waals surface area contributed by atoms with E-state index in [0.717, 1.165) is 0 Å². The van der Waals surface area contributed by atoms with Gasteiger partial charge in [-0.2, -0.15) is 5.26 Å². The highest BCUT2D eigenvalue weighted by molar-refractivity contribution is 5.53. The van der Waals surface area contributed by atoms with E-state index >= 15 is 0 Å². The molecule has 0 bridgehead atoms. The molecular weight excluding hydrogens is 219 g/mol. The maximum atomic E-state index is 13.9. The Hall–Kier alpha value is -1.60. The highest BCUT2D eigenvalue weighted by atomic mass is 19.1. The topological polar surface area (TPSA) is 36.3 Å². The Morgan fingerprint density at radius 1 is 1.47 bits per heavy atom. The van der Waals surface area contributed by atoms with E-state index in [0.29, 0.717) is 31.0 Å². The molecule has 0 aromatic heterocycles. The lowest BCUT2D eigenvalue weighted by Gasteiger charge is -2.43. The maximum absolute atomic E-state index is 13.9. The first-order valence-corrected chi connectivity index (χ1v) is 5.59. The fourth-order valence-corrected chi connectivity index (χ4v) is 2.10. The SMILES string of the molecule is CC1(C)COCCN1c1ccc(C#N)cc1F. The van der Waals surface area contributed by atoms with Gasteiger partial charge >= 0.3 is 0 Å². The van der Waals surface area contributed by atoms with Gasteiger partial charge in [0.05, 0.1) is 36.1 Å². The van der Waals surface area contributed by atoms with Gasteiger partial charge in [-0.05, 0) is 32.0 Å². The zero-order chi connectivity index (χ0) is 12.5. The van der Waals surface area contributed by atoms with Gasteiger partial charge in [0.1, 0.15) is 5.82 Å². The number of nitrogens with zero attached hydrogens (tertiary/aromatic N) is 2. The van der Waals surface area contributed by atoms with E-state index in [9.17, 15) is 4.39 Å². The summed E-state index contributed by atoms with van der Waals surface area (Å²) >= 11 is 0. The number of halogens is 1. The van der Waals surface area contributed by atoms with E-state index in [1.54, 1.807) is 12.1 Å². The average molecular weight is 234 g/mol. The molecule has 1 saturated heterocycles. The third-order valence-electron chi connectivity index (χ3n) is 3.01. The lowest BCUT2D eigenvalue weighted by molar-refractivity contribution is 0.0640. The number of ether oxygens (including phenoxy) is 1. The molecule has 1 fully saturated rings. The number of benzene rings is 1. The summed E-state index contributed by atoms with van der Waals surface area (Å²) in [5.74, 6) is -0.348. The van der Waals surface area contributed by atoms with Gasteiger partial charge in [-0.25, -0.2) is 4.39 Å². The first-order chi connectivity index (χ1) is 8.04. The van der Waals surface area contributed by atoms with E-state index in [2.05, 4.69) is 0 Å². The van der Waals surface area contributed by atoms with Crippen molar-refractivity contribution in [3.63, 3.8) is 0 Å². The molecule has 0 unspecified atom stereocenters. The standard InChI is InChI=1S/C13H15FN2O/c1-13(2)9-17-6-5-16(13)12-4-3-10(8-15)7-11(12)14/h3-4,7H,5-6,9H2,1-2H3. The van der Waals surface area contributed by atoms with Crippen LogP contribution in [0.2, 0.25) is 0 Å². The van der Waals surface area contributed by atoms with Gasteiger partial charge in [0.25, 0.3) is 0 Å². The number of hydrogen-bond acceptors (Lipinski definition) is 3. The molecule has 0 radical (unpaired) electrons. The Kier molecular flexibility index (Phi) is 3.03. The van der Waals surface area contributed by atoms with Gasteiger partial charge in [-0.1, -0.05) is 0 Å². The minimum Gasteiger partial charge on any atom is -0.377 e. The van der Waals surface area contributed by atoms with Crippen molar-refractivity contribution in [1.29, 1.82) is 5.26 Å². The van der Waals surface area contributed by atoms with Crippen LogP contribution >= 0.6 is 0 Å². The summed E-state index contributed by atoms with van der Waals surface area (Å²) in [6.07, 6.45) is 0. The molecular formula is C13H15FN2O. The molecule has 90 valence electrons. The number of hydrogen-bond donors (Lipinski definition) is 0. The molecule has 1 aromatic carbocycles. The summed E-state index contributed by atoms with van der Waals surface area (Å²) in [6.45, 7) is 5.87. The van der Waals surface area contributed by atoms with Crippen molar-refractivity contribution in [3.05, 3.63) is 29.6 Å². The Balaban J connectivity index is 2.36. The lowest BCUT2D eigenvalue weighted by Crippen LogP contribution is -2.53. The summed E-state index contributed by atoms with van der Waals surface area (Å²) in [4.78, 5) is 1.99. The fourth-order valence-electron chi connectivity index (χ4n) is 2.10. The second-order valence-corrected chi connectivity index (χ2v) is 4.79. The molecule has 1 aliphatic heterocycles.